The molecule has 72 valence electrons. The van der Waals surface area contributed by atoms with Gasteiger partial charge in [0.25, 0.3) is 0 Å². The summed E-state index contributed by atoms with van der Waals surface area (Å²) in [5.74, 6) is 0.262. The van der Waals surface area contributed by atoms with Gasteiger partial charge in [0.05, 0.1) is 13.3 Å². The van der Waals surface area contributed by atoms with Crippen molar-refractivity contribution in [1.29, 1.82) is 0 Å². The number of carbonyl (C=O) groups excluding carboxylic acids is 1. The Morgan fingerprint density at radius 3 is 2.92 bits per heavy atom. The standard InChI is InChI=1S/C5H11FNO2PS2/c1-2-9-10(11,7-5-8)12-4-3-6/h5H,2-4H2,1H3,(H,7,8,11). The van der Waals surface area contributed by atoms with Crippen molar-refractivity contribution in [2.45, 2.75) is 6.92 Å². The summed E-state index contributed by atoms with van der Waals surface area (Å²) in [5.41, 5.74) is -2.34. The third-order valence-corrected chi connectivity index (χ3v) is 6.33. The van der Waals surface area contributed by atoms with Crippen LogP contribution in [0.4, 0.5) is 4.39 Å². The van der Waals surface area contributed by atoms with Gasteiger partial charge in [-0.25, -0.2) is 0 Å². The molecule has 3 nitrogen and oxygen atoms in total. The molecule has 0 bridgehead atoms. The Hall–Kier alpha value is 0.360. The molecule has 0 fully saturated rings. The Balaban J connectivity index is 3.98. The second kappa shape index (κ2) is 6.83. The average Bonchev–Trinajstić information content (AvgIpc) is 2.02. The molecular weight excluding hydrogens is 220 g/mol. The monoisotopic (exact) mass is 231 g/mol. The van der Waals surface area contributed by atoms with Crippen LogP contribution in [0, 0.1) is 0 Å². The molecule has 0 aromatic rings. The van der Waals surface area contributed by atoms with E-state index < -0.39 is 12.3 Å². The molecule has 0 saturated heterocycles. The summed E-state index contributed by atoms with van der Waals surface area (Å²) in [6.45, 7) is 1.75. The maximum atomic E-state index is 11.8. The first kappa shape index (κ1) is 12.4. The summed E-state index contributed by atoms with van der Waals surface area (Å²) in [6.07, 6.45) is 0.502. The van der Waals surface area contributed by atoms with Crippen LogP contribution in [0.5, 0.6) is 0 Å². The number of rotatable bonds is 7. The molecule has 1 atom stereocenters. The van der Waals surface area contributed by atoms with Crippen LogP contribution in [-0.4, -0.2) is 25.4 Å². The summed E-state index contributed by atoms with van der Waals surface area (Å²) in [4.78, 5) is 10.1. The zero-order valence-electron chi connectivity index (χ0n) is 6.66. The molecule has 1 N–H and O–H groups in total. The van der Waals surface area contributed by atoms with E-state index in [1.54, 1.807) is 6.92 Å². The van der Waals surface area contributed by atoms with E-state index in [1.165, 1.54) is 0 Å². The molecule has 0 spiro atoms. The lowest BCUT2D eigenvalue weighted by atomic mass is 10.9. The summed E-state index contributed by atoms with van der Waals surface area (Å²) in [6, 6.07) is 0. The average molecular weight is 231 g/mol. The van der Waals surface area contributed by atoms with Gasteiger partial charge >= 0.3 is 0 Å². The first-order chi connectivity index (χ1) is 5.68. The molecule has 0 aliphatic rings. The summed E-state index contributed by atoms with van der Waals surface area (Å²) < 4.78 is 16.9. The van der Waals surface area contributed by atoms with Crippen molar-refractivity contribution in [2.24, 2.45) is 0 Å². The van der Waals surface area contributed by atoms with Gasteiger partial charge in [-0.05, 0) is 18.7 Å². The van der Waals surface area contributed by atoms with Crippen molar-refractivity contribution < 1.29 is 13.7 Å². The highest BCUT2D eigenvalue weighted by Crippen LogP contribution is 2.55. The normalized spacial score (nSPS) is 15.2. The molecule has 0 aliphatic carbocycles. The van der Waals surface area contributed by atoms with Gasteiger partial charge in [-0.15, -0.1) is 0 Å². The second-order valence-corrected chi connectivity index (χ2v) is 8.42. The third-order valence-electron chi connectivity index (χ3n) is 0.848. The Labute approximate surface area is 80.3 Å². The van der Waals surface area contributed by atoms with Gasteiger partial charge in [0, 0.05) is 5.75 Å². The molecule has 0 rings (SSSR count). The van der Waals surface area contributed by atoms with Gasteiger partial charge in [-0.2, -0.15) is 0 Å². The number of hydrogen-bond acceptors (Lipinski definition) is 4. The fourth-order valence-electron chi connectivity index (χ4n) is 0.501. The lowest BCUT2D eigenvalue weighted by molar-refractivity contribution is -0.108. The third kappa shape index (κ3) is 5.09. The van der Waals surface area contributed by atoms with Crippen LogP contribution >= 0.6 is 17.0 Å². The quantitative estimate of drug-likeness (QED) is 0.534. The van der Waals surface area contributed by atoms with Crippen LogP contribution in [0.2, 0.25) is 0 Å². The van der Waals surface area contributed by atoms with Crippen molar-refractivity contribution in [3.63, 3.8) is 0 Å². The number of carbonyl (C=O) groups is 1. The molecule has 0 saturated carbocycles. The Kier molecular flexibility index (Phi) is 7.04. The first-order valence-corrected chi connectivity index (χ1v) is 7.66. The van der Waals surface area contributed by atoms with Crippen molar-refractivity contribution in [2.75, 3.05) is 19.0 Å². The molecule has 1 amide bonds. The zero-order chi connectivity index (χ0) is 9.45. The van der Waals surface area contributed by atoms with Crippen LogP contribution in [0.25, 0.3) is 0 Å². The number of nitrogens with one attached hydrogen (secondary N) is 1. The first-order valence-electron chi connectivity index (χ1n) is 3.35. The van der Waals surface area contributed by atoms with Crippen LogP contribution in [0.1, 0.15) is 6.92 Å². The molecule has 7 heteroatoms. The van der Waals surface area contributed by atoms with Crippen LogP contribution in [0.15, 0.2) is 0 Å². The fourth-order valence-corrected chi connectivity index (χ4v) is 4.44. The zero-order valence-corrected chi connectivity index (χ0v) is 9.18. The van der Waals surface area contributed by atoms with E-state index in [0.717, 1.165) is 11.4 Å². The van der Waals surface area contributed by atoms with E-state index >= 15 is 0 Å². The smallest absolute Gasteiger partial charge is 0.213 e. The topological polar surface area (TPSA) is 38.3 Å². The Bertz CT molecular complexity index is 181. The van der Waals surface area contributed by atoms with Crippen LogP contribution in [-0.2, 0) is 21.1 Å². The van der Waals surface area contributed by atoms with Gasteiger partial charge in [-0.1, -0.05) is 11.4 Å². The van der Waals surface area contributed by atoms with E-state index in [9.17, 15) is 9.18 Å². The van der Waals surface area contributed by atoms with Crippen LogP contribution < -0.4 is 5.09 Å². The van der Waals surface area contributed by atoms with Crippen molar-refractivity contribution in [1.82, 2.24) is 5.09 Å². The van der Waals surface area contributed by atoms with E-state index in [2.05, 4.69) is 5.09 Å². The molecule has 12 heavy (non-hydrogen) atoms. The molecule has 0 aromatic carbocycles. The van der Waals surface area contributed by atoms with Gasteiger partial charge in [-0.3, -0.25) is 9.18 Å². The summed E-state index contributed by atoms with van der Waals surface area (Å²) >= 11 is 6.17. The minimum absolute atomic E-state index is 0.262. The van der Waals surface area contributed by atoms with Crippen molar-refractivity contribution >= 4 is 35.2 Å². The fraction of sp³-hybridized carbons (Fsp3) is 0.800. The number of hydrogen-bond donors (Lipinski definition) is 1. The maximum absolute atomic E-state index is 11.8. The highest BCUT2D eigenvalue weighted by Gasteiger charge is 2.16. The lowest BCUT2D eigenvalue weighted by Crippen LogP contribution is -2.07. The van der Waals surface area contributed by atoms with E-state index in [0.29, 0.717) is 13.0 Å². The molecule has 0 aromatic heterocycles. The minimum Gasteiger partial charge on any atom is -0.327 e. The summed E-state index contributed by atoms with van der Waals surface area (Å²) in [5, 5.41) is 2.41. The molecule has 0 aliphatic heterocycles. The molecular formula is C5H11FNO2PS2. The Morgan fingerprint density at radius 2 is 2.50 bits per heavy atom. The largest absolute Gasteiger partial charge is 0.327 e. The molecule has 1 unspecified atom stereocenters. The van der Waals surface area contributed by atoms with Crippen molar-refractivity contribution in [3.8, 4) is 0 Å². The highest BCUT2D eigenvalue weighted by molar-refractivity contribution is 8.68. The van der Waals surface area contributed by atoms with Gasteiger partial charge < -0.3 is 9.61 Å². The van der Waals surface area contributed by atoms with E-state index in [1.807, 2.05) is 0 Å². The van der Waals surface area contributed by atoms with Crippen LogP contribution in [0.3, 0.4) is 0 Å². The molecule has 0 radical (unpaired) electrons. The summed E-state index contributed by atoms with van der Waals surface area (Å²) in [7, 11) is 0. The SMILES string of the molecule is CCOP(=S)(NC=O)SCCF. The predicted molar refractivity (Wildman–Crippen MR) is 53.5 cm³/mol. The van der Waals surface area contributed by atoms with Gasteiger partial charge in [0.15, 0.2) is 0 Å². The highest BCUT2D eigenvalue weighted by atomic mass is 32.9. The van der Waals surface area contributed by atoms with Gasteiger partial charge in [0.1, 0.15) is 0 Å². The minimum atomic E-state index is -2.34. The number of amides is 1. The van der Waals surface area contributed by atoms with Gasteiger partial charge in [0.2, 0.25) is 12.0 Å². The predicted octanol–water partition coefficient (Wildman–Crippen LogP) is 1.70. The lowest BCUT2D eigenvalue weighted by Gasteiger charge is -2.18. The van der Waals surface area contributed by atoms with E-state index in [4.69, 9.17) is 16.3 Å². The number of halogens is 1. The van der Waals surface area contributed by atoms with E-state index in [-0.39, 0.29) is 5.75 Å². The number of alkyl halides is 1. The maximum Gasteiger partial charge on any atom is 0.213 e. The molecule has 0 heterocycles. The van der Waals surface area contributed by atoms with Crippen molar-refractivity contribution in [3.05, 3.63) is 0 Å². The second-order valence-electron chi connectivity index (χ2n) is 1.68. The Morgan fingerprint density at radius 1 is 1.83 bits per heavy atom.